The van der Waals surface area contributed by atoms with Crippen LogP contribution in [0, 0.1) is 0 Å². The molecule has 11 aromatic rings. The van der Waals surface area contributed by atoms with Gasteiger partial charge in [0.1, 0.15) is 5.58 Å². The molecule has 2 aromatic heterocycles. The predicted octanol–water partition coefficient (Wildman–Crippen LogP) is 16.1. The first kappa shape index (κ1) is 33.2. The van der Waals surface area contributed by atoms with E-state index in [1.807, 2.05) is 17.4 Å². The molecule has 0 saturated carbocycles. The van der Waals surface area contributed by atoms with E-state index in [0.29, 0.717) is 0 Å². The molecule has 0 aliphatic heterocycles. The lowest BCUT2D eigenvalue weighted by Crippen LogP contribution is -2.10. The lowest BCUT2D eigenvalue weighted by atomic mass is 9.96. The Morgan fingerprint density at radius 2 is 0.842 bits per heavy atom. The standard InChI is InChI=1S/C54H35NOS/c1-3-12-36(13-4-1)38-22-24-39(25-23-38)40-26-29-44(30-27-40)55(50-19-11-18-49-46-16-7-9-20-51(46)56-54(49)50)45-33-42(37-14-5-2-6-15-37)32-43(34-45)41-28-31-48-47-17-8-10-21-52(47)57-53(48)35-41/h1-35H. The number of para-hydroxylation sites is 2. The molecule has 0 radical (unpaired) electrons. The Labute approximate surface area is 335 Å². The van der Waals surface area contributed by atoms with Crippen LogP contribution >= 0.6 is 11.3 Å². The van der Waals surface area contributed by atoms with Crippen LogP contribution in [0.15, 0.2) is 217 Å². The van der Waals surface area contributed by atoms with Gasteiger partial charge in [0.2, 0.25) is 0 Å². The summed E-state index contributed by atoms with van der Waals surface area (Å²) in [6.07, 6.45) is 0. The van der Waals surface area contributed by atoms with Gasteiger partial charge in [0.15, 0.2) is 5.58 Å². The van der Waals surface area contributed by atoms with Crippen LogP contribution in [0.4, 0.5) is 17.1 Å². The molecule has 268 valence electrons. The summed E-state index contributed by atoms with van der Waals surface area (Å²) in [4.78, 5) is 2.36. The second-order valence-corrected chi connectivity index (χ2v) is 15.6. The van der Waals surface area contributed by atoms with Gasteiger partial charge >= 0.3 is 0 Å². The highest BCUT2D eigenvalue weighted by atomic mass is 32.1. The first-order chi connectivity index (χ1) is 28.2. The summed E-state index contributed by atoms with van der Waals surface area (Å²) in [5.41, 5.74) is 14.2. The van der Waals surface area contributed by atoms with Crippen molar-refractivity contribution < 1.29 is 4.42 Å². The molecule has 0 fully saturated rings. The van der Waals surface area contributed by atoms with Crippen LogP contribution in [0.5, 0.6) is 0 Å². The third-order valence-electron chi connectivity index (χ3n) is 11.1. The number of rotatable bonds is 7. The van der Waals surface area contributed by atoms with E-state index in [1.165, 1.54) is 48.0 Å². The van der Waals surface area contributed by atoms with Crippen LogP contribution in [0.2, 0.25) is 0 Å². The largest absolute Gasteiger partial charge is 0.454 e. The first-order valence-electron chi connectivity index (χ1n) is 19.3. The second-order valence-electron chi connectivity index (χ2n) is 14.5. The topological polar surface area (TPSA) is 16.4 Å². The molecule has 57 heavy (non-hydrogen) atoms. The Hall–Kier alpha value is -7.20. The molecule has 2 nitrogen and oxygen atoms in total. The zero-order valence-corrected chi connectivity index (χ0v) is 31.8. The molecule has 0 unspecified atom stereocenters. The van der Waals surface area contributed by atoms with Gasteiger partial charge in [0.05, 0.1) is 5.69 Å². The monoisotopic (exact) mass is 745 g/mol. The summed E-state index contributed by atoms with van der Waals surface area (Å²) >= 11 is 1.85. The maximum Gasteiger partial charge on any atom is 0.159 e. The normalized spacial score (nSPS) is 11.5. The summed E-state index contributed by atoms with van der Waals surface area (Å²) in [6, 6.07) is 76.4. The van der Waals surface area contributed by atoms with E-state index in [9.17, 15) is 0 Å². The first-order valence-corrected chi connectivity index (χ1v) is 20.1. The van der Waals surface area contributed by atoms with Crippen LogP contribution in [0.25, 0.3) is 86.6 Å². The number of nitrogens with zero attached hydrogens (tertiary/aromatic N) is 1. The van der Waals surface area contributed by atoms with E-state index in [1.54, 1.807) is 0 Å². The number of anilines is 3. The van der Waals surface area contributed by atoms with Crippen molar-refractivity contribution in [3.8, 4) is 44.5 Å². The molecule has 0 atom stereocenters. The molecule has 11 rings (SSSR count). The van der Waals surface area contributed by atoms with Crippen molar-refractivity contribution in [2.24, 2.45) is 0 Å². The van der Waals surface area contributed by atoms with E-state index in [2.05, 4.69) is 211 Å². The molecule has 0 bridgehead atoms. The maximum absolute atomic E-state index is 6.71. The van der Waals surface area contributed by atoms with Crippen LogP contribution in [-0.4, -0.2) is 0 Å². The van der Waals surface area contributed by atoms with Gasteiger partial charge in [-0.15, -0.1) is 11.3 Å². The molecule has 0 aliphatic rings. The Kier molecular flexibility index (Phi) is 8.04. The Balaban J connectivity index is 1.09. The Morgan fingerprint density at radius 1 is 0.316 bits per heavy atom. The number of hydrogen-bond donors (Lipinski definition) is 0. The van der Waals surface area contributed by atoms with Gasteiger partial charge in [-0.3, -0.25) is 0 Å². The minimum atomic E-state index is 0.859. The lowest BCUT2D eigenvalue weighted by Gasteiger charge is -2.27. The van der Waals surface area contributed by atoms with Crippen molar-refractivity contribution in [2.45, 2.75) is 0 Å². The van der Waals surface area contributed by atoms with E-state index in [-0.39, 0.29) is 0 Å². The predicted molar refractivity (Wildman–Crippen MR) is 243 cm³/mol. The average Bonchev–Trinajstić information content (AvgIpc) is 3.86. The van der Waals surface area contributed by atoms with Gasteiger partial charge in [-0.25, -0.2) is 0 Å². The van der Waals surface area contributed by atoms with Crippen LogP contribution in [-0.2, 0) is 0 Å². The van der Waals surface area contributed by atoms with Crippen LogP contribution in [0.3, 0.4) is 0 Å². The van der Waals surface area contributed by atoms with Crippen LogP contribution in [0.1, 0.15) is 0 Å². The highest BCUT2D eigenvalue weighted by Gasteiger charge is 2.21. The van der Waals surface area contributed by atoms with Gasteiger partial charge in [0.25, 0.3) is 0 Å². The fourth-order valence-corrected chi connectivity index (χ4v) is 9.38. The summed E-state index contributed by atoms with van der Waals surface area (Å²) in [6.45, 7) is 0. The van der Waals surface area contributed by atoms with Crippen molar-refractivity contribution in [2.75, 3.05) is 4.90 Å². The quantitative estimate of drug-likeness (QED) is 0.162. The van der Waals surface area contributed by atoms with Gasteiger partial charge < -0.3 is 9.32 Å². The van der Waals surface area contributed by atoms with Crippen molar-refractivity contribution in [1.29, 1.82) is 0 Å². The van der Waals surface area contributed by atoms with Crippen molar-refractivity contribution in [3.05, 3.63) is 212 Å². The highest BCUT2D eigenvalue weighted by molar-refractivity contribution is 7.25. The fourth-order valence-electron chi connectivity index (χ4n) is 8.23. The Morgan fingerprint density at radius 3 is 1.56 bits per heavy atom. The minimum absolute atomic E-state index is 0.859. The average molecular weight is 746 g/mol. The number of thiophene rings is 1. The fraction of sp³-hybridized carbons (Fsp3) is 0. The number of furan rings is 1. The number of fused-ring (bicyclic) bond motifs is 6. The van der Waals surface area contributed by atoms with Gasteiger partial charge in [0, 0.05) is 42.3 Å². The molecular formula is C54H35NOS. The van der Waals surface area contributed by atoms with E-state index in [4.69, 9.17) is 4.42 Å². The summed E-state index contributed by atoms with van der Waals surface area (Å²) in [5, 5.41) is 4.81. The number of benzene rings is 9. The van der Waals surface area contributed by atoms with Gasteiger partial charge in [-0.05, 0) is 99.1 Å². The molecule has 0 amide bonds. The van der Waals surface area contributed by atoms with E-state index >= 15 is 0 Å². The smallest absolute Gasteiger partial charge is 0.159 e. The second kappa shape index (κ2) is 13.8. The zero-order chi connectivity index (χ0) is 37.7. The summed E-state index contributed by atoms with van der Waals surface area (Å²) in [5.74, 6) is 0. The van der Waals surface area contributed by atoms with Gasteiger partial charge in [-0.1, -0.05) is 158 Å². The SMILES string of the molecule is c1ccc(-c2ccc(-c3ccc(N(c4cc(-c5ccccc5)cc(-c5ccc6c(c5)sc5ccccc56)c4)c4cccc5c4oc4ccccc45)cc3)cc2)cc1. The molecule has 0 aliphatic carbocycles. The lowest BCUT2D eigenvalue weighted by molar-refractivity contribution is 0.669. The van der Waals surface area contributed by atoms with Gasteiger partial charge in [-0.2, -0.15) is 0 Å². The Bertz CT molecular complexity index is 3210. The molecule has 3 heteroatoms. The highest BCUT2D eigenvalue weighted by Crippen LogP contribution is 2.45. The number of hydrogen-bond acceptors (Lipinski definition) is 3. The molecule has 0 saturated heterocycles. The third-order valence-corrected chi connectivity index (χ3v) is 12.2. The molecular weight excluding hydrogens is 711 g/mol. The summed E-state index contributed by atoms with van der Waals surface area (Å²) < 4.78 is 9.31. The molecule has 2 heterocycles. The maximum atomic E-state index is 6.71. The molecule has 9 aromatic carbocycles. The van der Waals surface area contributed by atoms with Crippen molar-refractivity contribution >= 4 is 70.5 Å². The van der Waals surface area contributed by atoms with Crippen molar-refractivity contribution in [1.82, 2.24) is 0 Å². The molecule has 0 N–H and O–H groups in total. The molecule has 0 spiro atoms. The zero-order valence-electron chi connectivity index (χ0n) is 31.0. The van der Waals surface area contributed by atoms with Crippen molar-refractivity contribution in [3.63, 3.8) is 0 Å². The third kappa shape index (κ3) is 5.97. The van der Waals surface area contributed by atoms with E-state index < -0.39 is 0 Å². The summed E-state index contributed by atoms with van der Waals surface area (Å²) in [7, 11) is 0. The van der Waals surface area contributed by atoms with E-state index in [0.717, 1.165) is 55.7 Å². The van der Waals surface area contributed by atoms with Crippen LogP contribution < -0.4 is 4.90 Å². The minimum Gasteiger partial charge on any atom is -0.454 e.